The minimum Gasteiger partial charge on any atom is -0.440 e. The molecule has 1 aliphatic rings. The third-order valence-corrected chi connectivity index (χ3v) is 3.46. The highest BCUT2D eigenvalue weighted by molar-refractivity contribution is 5.19. The Labute approximate surface area is 130 Å². The van der Waals surface area contributed by atoms with Gasteiger partial charge in [-0.05, 0) is 30.5 Å². The van der Waals surface area contributed by atoms with Crippen molar-refractivity contribution in [1.29, 1.82) is 0 Å². The van der Waals surface area contributed by atoms with Gasteiger partial charge in [-0.3, -0.25) is 4.52 Å². The average molecular weight is 316 g/mol. The van der Waals surface area contributed by atoms with E-state index in [0.717, 1.165) is 18.4 Å². The van der Waals surface area contributed by atoms with Crippen LogP contribution in [0.4, 0.5) is 4.39 Å². The normalized spacial score (nSPS) is 14.1. The molecule has 0 N–H and O–H groups in total. The highest BCUT2D eigenvalue weighted by Crippen LogP contribution is 2.38. The molecule has 118 valence electrons. The molecular weight excluding hydrogens is 303 g/mol. The van der Waals surface area contributed by atoms with Crippen molar-refractivity contribution in [3.05, 3.63) is 53.2 Å². The van der Waals surface area contributed by atoms with Gasteiger partial charge in [0.15, 0.2) is 12.4 Å². The van der Waals surface area contributed by atoms with Gasteiger partial charge in [-0.2, -0.15) is 9.97 Å². The molecule has 8 heteroatoms. The largest absolute Gasteiger partial charge is 0.440 e. The lowest BCUT2D eigenvalue weighted by Crippen LogP contribution is -1.98. The van der Waals surface area contributed by atoms with Gasteiger partial charge in [-0.25, -0.2) is 4.39 Å². The van der Waals surface area contributed by atoms with Gasteiger partial charge in [-0.15, -0.1) is 0 Å². The number of halogens is 1. The Morgan fingerprint density at radius 2 is 1.83 bits per heavy atom. The lowest BCUT2D eigenvalue weighted by Gasteiger charge is -1.96. The number of ether oxygens (including phenoxy) is 1. The van der Waals surface area contributed by atoms with Gasteiger partial charge < -0.3 is 9.26 Å². The lowest BCUT2D eigenvalue weighted by molar-refractivity contribution is 0.187. The van der Waals surface area contributed by atoms with Crippen molar-refractivity contribution >= 4 is 0 Å². The number of hydrogen-bond donors (Lipinski definition) is 0. The molecule has 23 heavy (non-hydrogen) atoms. The maximum absolute atomic E-state index is 12.9. The van der Waals surface area contributed by atoms with Gasteiger partial charge in [0.2, 0.25) is 11.7 Å². The summed E-state index contributed by atoms with van der Waals surface area (Å²) in [6.07, 6.45) is 2.67. The molecule has 7 nitrogen and oxygen atoms in total. The molecule has 1 aromatic carbocycles. The Hall–Kier alpha value is -2.77. The summed E-state index contributed by atoms with van der Waals surface area (Å²) in [5.41, 5.74) is 0.881. The third kappa shape index (κ3) is 3.36. The molecule has 0 radical (unpaired) electrons. The standard InChI is InChI=1S/C15H13FN4O3/c16-11-5-1-9(2-6-11)7-12-18-15(23-19-12)21-8-13-17-14(22-20-13)10-3-4-10/h1-2,5-6,10H,3-4,7-8H2. The van der Waals surface area contributed by atoms with Crippen molar-refractivity contribution in [3.63, 3.8) is 0 Å². The van der Waals surface area contributed by atoms with Crippen molar-refractivity contribution in [2.75, 3.05) is 0 Å². The SMILES string of the molecule is Fc1ccc(Cc2noc(OCc3noc(C4CC4)n3)n2)cc1. The molecule has 0 bridgehead atoms. The molecule has 1 fully saturated rings. The maximum atomic E-state index is 12.9. The van der Waals surface area contributed by atoms with E-state index in [-0.39, 0.29) is 18.5 Å². The van der Waals surface area contributed by atoms with Gasteiger partial charge in [0, 0.05) is 12.3 Å². The van der Waals surface area contributed by atoms with Crippen LogP contribution in [0.15, 0.2) is 33.3 Å². The summed E-state index contributed by atoms with van der Waals surface area (Å²) in [5.74, 6) is 1.69. The van der Waals surface area contributed by atoms with E-state index in [2.05, 4.69) is 20.3 Å². The molecule has 0 unspecified atom stereocenters. The van der Waals surface area contributed by atoms with Crippen LogP contribution in [-0.4, -0.2) is 20.3 Å². The van der Waals surface area contributed by atoms with Crippen LogP contribution in [0.5, 0.6) is 6.08 Å². The first kappa shape index (κ1) is 13.9. The van der Waals surface area contributed by atoms with Crippen molar-refractivity contribution in [2.45, 2.75) is 31.8 Å². The zero-order valence-electron chi connectivity index (χ0n) is 12.1. The predicted molar refractivity (Wildman–Crippen MR) is 74.1 cm³/mol. The minimum absolute atomic E-state index is 0.0416. The van der Waals surface area contributed by atoms with E-state index in [0.29, 0.717) is 29.9 Å². The molecule has 1 aliphatic carbocycles. The molecule has 3 aromatic rings. The van der Waals surface area contributed by atoms with E-state index in [1.165, 1.54) is 12.1 Å². The molecule has 4 rings (SSSR count). The fourth-order valence-corrected chi connectivity index (χ4v) is 2.10. The minimum atomic E-state index is -0.281. The van der Waals surface area contributed by atoms with E-state index in [1.54, 1.807) is 12.1 Å². The van der Waals surface area contributed by atoms with Crippen LogP contribution in [0, 0.1) is 5.82 Å². The molecule has 0 spiro atoms. The van der Waals surface area contributed by atoms with Crippen molar-refractivity contribution < 1.29 is 18.2 Å². The number of rotatable bonds is 6. The molecule has 1 saturated carbocycles. The molecule has 0 atom stereocenters. The first-order valence-corrected chi connectivity index (χ1v) is 7.28. The second-order valence-corrected chi connectivity index (χ2v) is 5.39. The second-order valence-electron chi connectivity index (χ2n) is 5.39. The summed E-state index contributed by atoms with van der Waals surface area (Å²) in [5, 5.41) is 7.66. The number of hydrogen-bond acceptors (Lipinski definition) is 7. The van der Waals surface area contributed by atoms with Gasteiger partial charge in [0.25, 0.3) is 0 Å². The lowest BCUT2D eigenvalue weighted by atomic mass is 10.1. The Morgan fingerprint density at radius 1 is 1.04 bits per heavy atom. The van der Waals surface area contributed by atoms with Crippen molar-refractivity contribution in [2.24, 2.45) is 0 Å². The molecule has 2 heterocycles. The van der Waals surface area contributed by atoms with Crippen LogP contribution in [0.25, 0.3) is 0 Å². The molecule has 2 aromatic heterocycles. The van der Waals surface area contributed by atoms with Crippen LogP contribution < -0.4 is 4.74 Å². The Kier molecular flexibility index (Phi) is 3.49. The highest BCUT2D eigenvalue weighted by Gasteiger charge is 2.29. The summed E-state index contributed by atoms with van der Waals surface area (Å²) >= 11 is 0. The van der Waals surface area contributed by atoms with Crippen molar-refractivity contribution in [3.8, 4) is 6.08 Å². The molecular formula is C15H13FN4O3. The zero-order chi connectivity index (χ0) is 15.6. The van der Waals surface area contributed by atoms with E-state index in [4.69, 9.17) is 13.8 Å². The molecule has 0 saturated heterocycles. The quantitative estimate of drug-likeness (QED) is 0.690. The number of aromatic nitrogens is 4. The fourth-order valence-electron chi connectivity index (χ4n) is 2.10. The monoisotopic (exact) mass is 316 g/mol. The first-order valence-electron chi connectivity index (χ1n) is 7.28. The summed E-state index contributed by atoms with van der Waals surface area (Å²) in [7, 11) is 0. The Balaban J connectivity index is 1.34. The zero-order valence-corrected chi connectivity index (χ0v) is 12.1. The van der Waals surface area contributed by atoms with Gasteiger partial charge >= 0.3 is 6.08 Å². The Morgan fingerprint density at radius 3 is 2.61 bits per heavy atom. The summed E-state index contributed by atoms with van der Waals surface area (Å²) in [6.45, 7) is 0.106. The third-order valence-electron chi connectivity index (χ3n) is 3.46. The molecule has 0 amide bonds. The summed E-state index contributed by atoms with van der Waals surface area (Å²) < 4.78 is 28.4. The Bertz CT molecular complexity index is 795. The van der Waals surface area contributed by atoms with Gasteiger partial charge in [0.1, 0.15) is 5.82 Å². The number of benzene rings is 1. The van der Waals surface area contributed by atoms with E-state index < -0.39 is 0 Å². The van der Waals surface area contributed by atoms with Crippen LogP contribution in [-0.2, 0) is 13.0 Å². The first-order chi connectivity index (χ1) is 11.3. The highest BCUT2D eigenvalue weighted by atomic mass is 19.1. The van der Waals surface area contributed by atoms with Crippen molar-refractivity contribution in [1.82, 2.24) is 20.3 Å². The van der Waals surface area contributed by atoms with Crippen LogP contribution in [0.2, 0.25) is 0 Å². The van der Waals surface area contributed by atoms with E-state index in [9.17, 15) is 4.39 Å². The second kappa shape index (κ2) is 5.79. The smallest absolute Gasteiger partial charge is 0.417 e. The van der Waals surface area contributed by atoms with Gasteiger partial charge in [-0.1, -0.05) is 22.4 Å². The van der Waals surface area contributed by atoms with Crippen LogP contribution in [0.1, 0.15) is 41.9 Å². The van der Waals surface area contributed by atoms with Crippen LogP contribution >= 0.6 is 0 Å². The topological polar surface area (TPSA) is 87.1 Å². The maximum Gasteiger partial charge on any atom is 0.417 e. The van der Waals surface area contributed by atoms with E-state index in [1.807, 2.05) is 0 Å². The summed E-state index contributed by atoms with van der Waals surface area (Å²) in [6, 6.07) is 6.12. The molecule has 0 aliphatic heterocycles. The predicted octanol–water partition coefficient (Wildman–Crippen LogP) is 2.64. The van der Waals surface area contributed by atoms with Gasteiger partial charge in [0.05, 0.1) is 0 Å². The van der Waals surface area contributed by atoms with Crippen LogP contribution in [0.3, 0.4) is 0 Å². The summed E-state index contributed by atoms with van der Waals surface area (Å²) in [4.78, 5) is 8.36. The average Bonchev–Trinajstić information content (AvgIpc) is 3.13. The fraction of sp³-hybridized carbons (Fsp3) is 0.333. The number of nitrogens with zero attached hydrogens (tertiary/aromatic N) is 4. The van der Waals surface area contributed by atoms with E-state index >= 15 is 0 Å².